The predicted molar refractivity (Wildman–Crippen MR) is 81.7 cm³/mol. The van der Waals surface area contributed by atoms with Crippen molar-refractivity contribution < 1.29 is 18.7 Å². The fourth-order valence-electron chi connectivity index (χ4n) is 2.64. The number of amides is 3. The molecule has 2 aliphatic heterocycles. The van der Waals surface area contributed by atoms with E-state index in [1.807, 2.05) is 4.90 Å². The number of halogens is 1. The Morgan fingerprint density at radius 3 is 2.09 bits per heavy atom. The Kier molecular flexibility index (Phi) is 4.68. The summed E-state index contributed by atoms with van der Waals surface area (Å²) in [6.45, 7) is 4.60. The molecule has 22 heavy (non-hydrogen) atoms. The molecule has 8 heteroatoms. The lowest BCUT2D eigenvalue weighted by molar-refractivity contribution is 0.0357. The van der Waals surface area contributed by atoms with Crippen LogP contribution >= 0.6 is 15.9 Å². The summed E-state index contributed by atoms with van der Waals surface area (Å²) in [5, 5.41) is 0. The number of piperazine rings is 1. The molecular formula is C14H18BrN3O4. The third kappa shape index (κ3) is 3.27. The van der Waals surface area contributed by atoms with Gasteiger partial charge in [-0.25, -0.2) is 4.79 Å². The summed E-state index contributed by atoms with van der Waals surface area (Å²) in [4.78, 5) is 30.0. The highest BCUT2D eigenvalue weighted by molar-refractivity contribution is 9.10. The lowest BCUT2D eigenvalue weighted by atomic mass is 10.3. The maximum absolute atomic E-state index is 12.4. The summed E-state index contributed by atoms with van der Waals surface area (Å²) in [6.07, 6.45) is 0. The third-order valence-electron chi connectivity index (χ3n) is 3.90. The largest absolute Gasteiger partial charge is 0.444 e. The van der Waals surface area contributed by atoms with Gasteiger partial charge in [0.25, 0.3) is 5.91 Å². The summed E-state index contributed by atoms with van der Waals surface area (Å²) in [5.41, 5.74) is 0. The molecule has 0 N–H and O–H groups in total. The Morgan fingerprint density at radius 2 is 1.50 bits per heavy atom. The van der Waals surface area contributed by atoms with Crippen molar-refractivity contribution in [1.82, 2.24) is 14.7 Å². The second-order valence-corrected chi connectivity index (χ2v) is 6.05. The van der Waals surface area contributed by atoms with Crippen LogP contribution in [0.3, 0.4) is 0 Å². The topological polar surface area (TPSA) is 66.2 Å². The smallest absolute Gasteiger partial charge is 0.320 e. The average Bonchev–Trinajstić information content (AvgIpc) is 3.01. The minimum absolute atomic E-state index is 0.0381. The highest BCUT2D eigenvalue weighted by Gasteiger charge is 2.29. The Labute approximate surface area is 136 Å². The van der Waals surface area contributed by atoms with E-state index < -0.39 is 0 Å². The number of nitrogens with zero attached hydrogens (tertiary/aromatic N) is 3. The normalized spacial score (nSPS) is 19.4. The van der Waals surface area contributed by atoms with Gasteiger partial charge in [-0.05, 0) is 28.1 Å². The number of hydrogen-bond acceptors (Lipinski definition) is 4. The molecule has 0 unspecified atom stereocenters. The first-order valence-corrected chi connectivity index (χ1v) is 8.10. The van der Waals surface area contributed by atoms with Crippen molar-refractivity contribution in [3.8, 4) is 0 Å². The van der Waals surface area contributed by atoms with Crippen LogP contribution in [0.4, 0.5) is 4.79 Å². The lowest BCUT2D eigenvalue weighted by Crippen LogP contribution is -2.55. The molecule has 3 rings (SSSR count). The van der Waals surface area contributed by atoms with Gasteiger partial charge in [-0.15, -0.1) is 0 Å². The van der Waals surface area contributed by atoms with Gasteiger partial charge in [0.2, 0.25) is 0 Å². The molecule has 1 aromatic heterocycles. The third-order valence-corrected chi connectivity index (χ3v) is 4.33. The standard InChI is InChI=1S/C14H18BrN3O4/c15-12-2-1-11(22-12)13(19)16-3-5-17(6-4-16)14(20)18-7-9-21-10-8-18/h1-2H,3-10H2. The molecule has 0 spiro atoms. The first-order chi connectivity index (χ1) is 10.6. The minimum Gasteiger partial charge on any atom is -0.444 e. The van der Waals surface area contributed by atoms with Gasteiger partial charge < -0.3 is 23.9 Å². The van der Waals surface area contributed by atoms with E-state index in [9.17, 15) is 9.59 Å². The molecule has 3 amide bonds. The second-order valence-electron chi connectivity index (χ2n) is 5.27. The number of carbonyl (C=O) groups excluding carboxylic acids is 2. The predicted octanol–water partition coefficient (Wildman–Crippen LogP) is 1.25. The molecule has 0 aromatic carbocycles. The molecule has 0 radical (unpaired) electrons. The number of urea groups is 1. The molecule has 0 bridgehead atoms. The molecule has 0 saturated carbocycles. The van der Waals surface area contributed by atoms with Crippen molar-refractivity contribution in [3.63, 3.8) is 0 Å². The zero-order valence-corrected chi connectivity index (χ0v) is 13.8. The summed E-state index contributed by atoms with van der Waals surface area (Å²) in [5.74, 6) is 0.184. The van der Waals surface area contributed by atoms with Crippen LogP contribution in [0.25, 0.3) is 0 Å². The number of hydrogen-bond donors (Lipinski definition) is 0. The van der Waals surface area contributed by atoms with Crippen LogP contribution in [0.1, 0.15) is 10.6 Å². The molecule has 2 aliphatic rings. The molecule has 1 aromatic rings. The van der Waals surface area contributed by atoms with Gasteiger partial charge in [-0.2, -0.15) is 0 Å². The SMILES string of the molecule is O=C(c1ccc(Br)o1)N1CCN(C(=O)N2CCOCC2)CC1. The van der Waals surface area contributed by atoms with Crippen LogP contribution in [0.15, 0.2) is 21.2 Å². The van der Waals surface area contributed by atoms with Gasteiger partial charge in [0.05, 0.1) is 13.2 Å². The summed E-state index contributed by atoms with van der Waals surface area (Å²) in [6, 6.07) is 3.39. The Hall–Kier alpha value is -1.54. The van der Waals surface area contributed by atoms with Crippen molar-refractivity contribution >= 4 is 27.9 Å². The minimum atomic E-state index is -0.135. The van der Waals surface area contributed by atoms with Crippen LogP contribution in [0.5, 0.6) is 0 Å². The molecule has 7 nitrogen and oxygen atoms in total. The summed E-state index contributed by atoms with van der Waals surface area (Å²) < 4.78 is 11.1. The highest BCUT2D eigenvalue weighted by atomic mass is 79.9. The number of furan rings is 1. The van der Waals surface area contributed by atoms with E-state index in [-0.39, 0.29) is 11.9 Å². The average molecular weight is 372 g/mol. The molecule has 0 aliphatic carbocycles. The van der Waals surface area contributed by atoms with E-state index in [1.54, 1.807) is 21.9 Å². The maximum atomic E-state index is 12.4. The van der Waals surface area contributed by atoms with Crippen LogP contribution in [0.2, 0.25) is 0 Å². The van der Waals surface area contributed by atoms with Gasteiger partial charge in [0.15, 0.2) is 10.4 Å². The van der Waals surface area contributed by atoms with Crippen molar-refractivity contribution in [3.05, 3.63) is 22.6 Å². The van der Waals surface area contributed by atoms with Gasteiger partial charge >= 0.3 is 6.03 Å². The van der Waals surface area contributed by atoms with Crippen molar-refractivity contribution in [2.75, 3.05) is 52.5 Å². The van der Waals surface area contributed by atoms with Crippen LogP contribution in [-0.2, 0) is 4.74 Å². The number of morpholine rings is 1. The van der Waals surface area contributed by atoms with E-state index in [0.29, 0.717) is 62.9 Å². The molecular weight excluding hydrogens is 354 g/mol. The second kappa shape index (κ2) is 6.70. The van der Waals surface area contributed by atoms with Crippen molar-refractivity contribution in [1.29, 1.82) is 0 Å². The Balaban J connectivity index is 1.53. The van der Waals surface area contributed by atoms with E-state index >= 15 is 0 Å². The molecule has 3 heterocycles. The quantitative estimate of drug-likeness (QED) is 0.745. The van der Waals surface area contributed by atoms with E-state index in [0.717, 1.165) is 0 Å². The monoisotopic (exact) mass is 371 g/mol. The molecule has 0 atom stereocenters. The van der Waals surface area contributed by atoms with Gasteiger partial charge in [0.1, 0.15) is 0 Å². The van der Waals surface area contributed by atoms with Crippen molar-refractivity contribution in [2.45, 2.75) is 0 Å². The van der Waals surface area contributed by atoms with Crippen LogP contribution in [-0.4, -0.2) is 79.1 Å². The Bertz CT molecular complexity index is 548. The fourth-order valence-corrected chi connectivity index (χ4v) is 2.95. The number of rotatable bonds is 1. The first kappa shape index (κ1) is 15.4. The zero-order valence-electron chi connectivity index (χ0n) is 12.2. The van der Waals surface area contributed by atoms with Gasteiger partial charge in [-0.3, -0.25) is 4.79 Å². The van der Waals surface area contributed by atoms with Gasteiger partial charge in [-0.1, -0.05) is 0 Å². The summed E-state index contributed by atoms with van der Waals surface area (Å²) >= 11 is 3.19. The molecule has 2 saturated heterocycles. The summed E-state index contributed by atoms with van der Waals surface area (Å²) in [7, 11) is 0. The zero-order chi connectivity index (χ0) is 15.5. The maximum Gasteiger partial charge on any atom is 0.320 e. The van der Waals surface area contributed by atoms with E-state index in [1.165, 1.54) is 0 Å². The van der Waals surface area contributed by atoms with Crippen LogP contribution < -0.4 is 0 Å². The Morgan fingerprint density at radius 1 is 0.909 bits per heavy atom. The van der Waals surface area contributed by atoms with E-state index in [2.05, 4.69) is 15.9 Å². The highest BCUT2D eigenvalue weighted by Crippen LogP contribution is 2.17. The molecule has 120 valence electrons. The van der Waals surface area contributed by atoms with E-state index in [4.69, 9.17) is 9.15 Å². The lowest BCUT2D eigenvalue weighted by Gasteiger charge is -2.38. The molecule has 2 fully saturated rings. The fraction of sp³-hybridized carbons (Fsp3) is 0.571. The van der Waals surface area contributed by atoms with Crippen LogP contribution in [0, 0.1) is 0 Å². The first-order valence-electron chi connectivity index (χ1n) is 7.31. The number of ether oxygens (including phenoxy) is 1. The van der Waals surface area contributed by atoms with Crippen molar-refractivity contribution in [2.24, 2.45) is 0 Å². The van der Waals surface area contributed by atoms with Gasteiger partial charge in [0, 0.05) is 39.3 Å². The number of carbonyl (C=O) groups is 2.